The summed E-state index contributed by atoms with van der Waals surface area (Å²) in [6.45, 7) is 5.13. The molecule has 1 saturated heterocycles. The number of aromatic amines is 1. The van der Waals surface area contributed by atoms with Gasteiger partial charge in [-0.05, 0) is 44.9 Å². The zero-order valence-electron chi connectivity index (χ0n) is 19.9. The summed E-state index contributed by atoms with van der Waals surface area (Å²) in [4.78, 5) is 6.76. The molecule has 3 aromatic heterocycles. The number of aromatic nitrogens is 4. The molecule has 35 heavy (non-hydrogen) atoms. The monoisotopic (exact) mass is 481 g/mol. The Balaban J connectivity index is 1.37. The van der Waals surface area contributed by atoms with Crippen molar-refractivity contribution in [3.8, 4) is 28.5 Å². The van der Waals surface area contributed by atoms with E-state index < -0.39 is 11.4 Å². The number of hydrogen-bond donors (Lipinski definition) is 2. The quantitative estimate of drug-likeness (QED) is 0.361. The maximum atomic E-state index is 14.6. The van der Waals surface area contributed by atoms with E-state index >= 15 is 0 Å². The Bertz CT molecular complexity index is 1310. The smallest absolute Gasteiger partial charge is 0.188 e. The van der Waals surface area contributed by atoms with Crippen molar-refractivity contribution in [2.24, 2.45) is 0 Å². The van der Waals surface area contributed by atoms with Crippen LogP contribution in [0.25, 0.3) is 33.6 Å². The summed E-state index contributed by atoms with van der Waals surface area (Å²) < 4.78 is 30.5. The van der Waals surface area contributed by atoms with Crippen LogP contribution in [0.1, 0.15) is 26.7 Å². The van der Waals surface area contributed by atoms with Crippen LogP contribution in [0.15, 0.2) is 41.1 Å². The van der Waals surface area contributed by atoms with Gasteiger partial charge in [-0.25, -0.2) is 9.37 Å². The van der Waals surface area contributed by atoms with Crippen molar-refractivity contribution in [2.45, 2.75) is 38.3 Å². The van der Waals surface area contributed by atoms with Crippen molar-refractivity contribution in [1.29, 1.82) is 0 Å². The van der Waals surface area contributed by atoms with E-state index in [9.17, 15) is 9.50 Å². The predicted octanol–water partition coefficient (Wildman–Crippen LogP) is 4.18. The number of ether oxygens (including phenoxy) is 2. The largest absolute Gasteiger partial charge is 0.488 e. The van der Waals surface area contributed by atoms with Gasteiger partial charge in [-0.3, -0.25) is 5.10 Å². The van der Waals surface area contributed by atoms with Crippen LogP contribution in [-0.4, -0.2) is 64.0 Å². The SMILES string of the molecule is COCCOc1cc2[nH]nc(-c3cc(-c4ccc(N5CCC[C@@H]5C(C)(C)O)nc4)no3)c2cc1F. The number of aliphatic hydroxyl groups is 1. The summed E-state index contributed by atoms with van der Waals surface area (Å²) in [5.74, 6) is 0.852. The highest BCUT2D eigenvalue weighted by atomic mass is 19.1. The van der Waals surface area contributed by atoms with Crippen LogP contribution in [0.5, 0.6) is 5.75 Å². The van der Waals surface area contributed by atoms with E-state index in [0.29, 0.717) is 34.7 Å². The Kier molecular flexibility index (Phi) is 6.16. The third-order valence-electron chi connectivity index (χ3n) is 6.31. The summed E-state index contributed by atoms with van der Waals surface area (Å²) in [5, 5.41) is 22.4. The minimum atomic E-state index is -0.805. The van der Waals surface area contributed by atoms with E-state index in [4.69, 9.17) is 14.0 Å². The first kappa shape index (κ1) is 23.3. The maximum absolute atomic E-state index is 14.6. The molecule has 5 rings (SSSR count). The van der Waals surface area contributed by atoms with Crippen molar-refractivity contribution in [3.63, 3.8) is 0 Å². The topological polar surface area (TPSA) is 110 Å². The van der Waals surface area contributed by atoms with Gasteiger partial charge in [0.15, 0.2) is 17.3 Å². The van der Waals surface area contributed by atoms with Gasteiger partial charge in [0, 0.05) is 42.9 Å². The lowest BCUT2D eigenvalue weighted by Gasteiger charge is -2.34. The number of benzene rings is 1. The predicted molar refractivity (Wildman–Crippen MR) is 129 cm³/mol. The molecule has 0 amide bonds. The van der Waals surface area contributed by atoms with E-state index in [1.165, 1.54) is 6.07 Å². The van der Waals surface area contributed by atoms with Crippen molar-refractivity contribution in [3.05, 3.63) is 42.3 Å². The number of pyridine rings is 1. The first-order chi connectivity index (χ1) is 16.8. The molecule has 1 atom stereocenters. The molecule has 10 heteroatoms. The normalized spacial score (nSPS) is 16.4. The van der Waals surface area contributed by atoms with Gasteiger partial charge in [0.05, 0.1) is 23.8 Å². The Hall–Kier alpha value is -3.50. The fourth-order valence-electron chi connectivity index (χ4n) is 4.56. The fourth-order valence-corrected chi connectivity index (χ4v) is 4.56. The van der Waals surface area contributed by atoms with Gasteiger partial charge < -0.3 is 24.0 Å². The molecule has 0 unspecified atom stereocenters. The molecule has 2 N–H and O–H groups in total. The minimum absolute atomic E-state index is 0.0266. The van der Waals surface area contributed by atoms with Gasteiger partial charge in [0.1, 0.15) is 23.8 Å². The standard InChI is InChI=1S/C25H28FN5O4/c1-25(2,32)22-5-4-8-31(22)23-7-6-15(14-27-23)18-12-21(35-30-18)24-16-11-17(26)20(34-10-9-33-3)13-19(16)28-29-24/h6-7,11-14,22,32H,4-5,8-10H2,1-3H3,(H,28,29)/t22-/m1/s1. The average Bonchev–Trinajstić information content (AvgIpc) is 3.58. The number of halogens is 1. The molecule has 184 valence electrons. The van der Waals surface area contributed by atoms with E-state index in [-0.39, 0.29) is 18.4 Å². The second-order valence-electron chi connectivity index (χ2n) is 9.23. The van der Waals surface area contributed by atoms with E-state index in [1.54, 1.807) is 25.4 Å². The third-order valence-corrected chi connectivity index (χ3v) is 6.31. The van der Waals surface area contributed by atoms with Crippen molar-refractivity contribution in [2.75, 3.05) is 31.8 Å². The van der Waals surface area contributed by atoms with E-state index in [0.717, 1.165) is 30.8 Å². The van der Waals surface area contributed by atoms with E-state index in [2.05, 4.69) is 25.2 Å². The molecule has 4 heterocycles. The molecular formula is C25H28FN5O4. The fraction of sp³-hybridized carbons (Fsp3) is 0.400. The van der Waals surface area contributed by atoms with Crippen LogP contribution in [0.3, 0.4) is 0 Å². The summed E-state index contributed by atoms with van der Waals surface area (Å²) in [6.07, 6.45) is 3.69. The van der Waals surface area contributed by atoms with Gasteiger partial charge in [-0.1, -0.05) is 5.16 Å². The molecule has 9 nitrogen and oxygen atoms in total. The number of hydrogen-bond acceptors (Lipinski definition) is 8. The minimum Gasteiger partial charge on any atom is -0.488 e. The third kappa shape index (κ3) is 4.59. The second-order valence-corrected chi connectivity index (χ2v) is 9.23. The van der Waals surface area contributed by atoms with E-state index in [1.807, 2.05) is 26.0 Å². The Morgan fingerprint density at radius 2 is 2.11 bits per heavy atom. The van der Waals surface area contributed by atoms with Crippen molar-refractivity contribution >= 4 is 16.7 Å². The van der Waals surface area contributed by atoms with Gasteiger partial charge >= 0.3 is 0 Å². The number of methoxy groups -OCH3 is 1. The van der Waals surface area contributed by atoms with Crippen LogP contribution in [0.4, 0.5) is 10.2 Å². The summed E-state index contributed by atoms with van der Waals surface area (Å²) in [7, 11) is 1.56. The van der Waals surface area contributed by atoms with Crippen LogP contribution >= 0.6 is 0 Å². The van der Waals surface area contributed by atoms with Crippen molar-refractivity contribution in [1.82, 2.24) is 20.3 Å². The summed E-state index contributed by atoms with van der Waals surface area (Å²) in [6, 6.07) is 8.56. The Labute approximate surface area is 201 Å². The lowest BCUT2D eigenvalue weighted by atomic mass is 9.96. The highest BCUT2D eigenvalue weighted by Crippen LogP contribution is 2.34. The second kappa shape index (κ2) is 9.27. The number of H-pyrrole nitrogens is 1. The highest BCUT2D eigenvalue weighted by molar-refractivity contribution is 5.92. The Morgan fingerprint density at radius 3 is 2.86 bits per heavy atom. The molecule has 0 bridgehead atoms. The summed E-state index contributed by atoms with van der Waals surface area (Å²) in [5.41, 5.74) is 1.64. The van der Waals surface area contributed by atoms with Gasteiger partial charge in [0.25, 0.3) is 0 Å². The summed E-state index contributed by atoms with van der Waals surface area (Å²) >= 11 is 0. The molecule has 1 aliphatic heterocycles. The van der Waals surface area contributed by atoms with Crippen LogP contribution in [0, 0.1) is 5.82 Å². The number of nitrogens with one attached hydrogen (secondary N) is 1. The highest BCUT2D eigenvalue weighted by Gasteiger charge is 2.36. The molecule has 0 spiro atoms. The first-order valence-corrected chi connectivity index (χ1v) is 11.6. The molecule has 4 aromatic rings. The molecule has 1 aliphatic rings. The maximum Gasteiger partial charge on any atom is 0.188 e. The van der Waals surface area contributed by atoms with Crippen LogP contribution < -0.4 is 9.64 Å². The molecule has 1 aromatic carbocycles. The molecule has 1 fully saturated rings. The molecular weight excluding hydrogens is 453 g/mol. The molecule has 0 saturated carbocycles. The van der Waals surface area contributed by atoms with Crippen LogP contribution in [0.2, 0.25) is 0 Å². The number of fused-ring (bicyclic) bond motifs is 1. The van der Waals surface area contributed by atoms with Gasteiger partial charge in [-0.15, -0.1) is 0 Å². The zero-order valence-corrected chi connectivity index (χ0v) is 19.9. The molecule has 0 radical (unpaired) electrons. The lowest BCUT2D eigenvalue weighted by molar-refractivity contribution is 0.0533. The number of anilines is 1. The van der Waals surface area contributed by atoms with Crippen LogP contribution in [-0.2, 0) is 4.74 Å². The first-order valence-electron chi connectivity index (χ1n) is 11.6. The van der Waals surface area contributed by atoms with Crippen molar-refractivity contribution < 1.29 is 23.5 Å². The Morgan fingerprint density at radius 1 is 1.26 bits per heavy atom. The average molecular weight is 482 g/mol. The zero-order chi connectivity index (χ0) is 24.6. The lowest BCUT2D eigenvalue weighted by Crippen LogP contribution is -2.46. The molecule has 0 aliphatic carbocycles. The van der Waals surface area contributed by atoms with Gasteiger partial charge in [-0.2, -0.15) is 5.10 Å². The number of nitrogens with zero attached hydrogens (tertiary/aromatic N) is 4. The number of rotatable bonds is 8. The van der Waals surface area contributed by atoms with Gasteiger partial charge in [0.2, 0.25) is 0 Å².